The molecule has 1 rings (SSSR count). The molecule has 0 saturated heterocycles. The van der Waals surface area contributed by atoms with Crippen LogP contribution in [0.2, 0.25) is 0 Å². The Morgan fingerprint density at radius 1 is 1.38 bits per heavy atom. The van der Waals surface area contributed by atoms with Gasteiger partial charge >= 0.3 is 0 Å². The van der Waals surface area contributed by atoms with Gasteiger partial charge in [0.25, 0.3) is 0 Å². The first kappa shape index (κ1) is 15.1. The molecule has 0 unspecified atom stereocenters. The third-order valence-electron chi connectivity index (χ3n) is 1.72. The molecule has 1 N–H and O–H groups in total. The number of aryl methyl sites for hydroxylation is 1. The summed E-state index contributed by atoms with van der Waals surface area (Å²) in [6.45, 7) is 7.88. The van der Waals surface area contributed by atoms with Crippen LogP contribution in [0.1, 0.15) is 26.3 Å². The molecule has 92 valence electrons. The van der Waals surface area contributed by atoms with Crippen LogP contribution in [-0.4, -0.2) is 12.9 Å². The van der Waals surface area contributed by atoms with E-state index in [1.54, 1.807) is 0 Å². The summed E-state index contributed by atoms with van der Waals surface area (Å²) in [4.78, 5) is 0. The van der Waals surface area contributed by atoms with Gasteiger partial charge in [0.1, 0.15) is 0 Å². The summed E-state index contributed by atoms with van der Waals surface area (Å²) in [5.74, 6) is 0.863. The van der Waals surface area contributed by atoms with Crippen LogP contribution in [0.15, 0.2) is 12.1 Å². The quantitative estimate of drug-likeness (QED) is 0.801. The fourth-order valence-electron chi connectivity index (χ4n) is 1.16. The molecular formula is C12H20FNOS. The van der Waals surface area contributed by atoms with Crippen molar-refractivity contribution in [1.29, 1.82) is 0 Å². The van der Waals surface area contributed by atoms with Crippen LogP contribution >= 0.6 is 11.9 Å². The van der Waals surface area contributed by atoms with Gasteiger partial charge in [-0.2, -0.15) is 0 Å². The van der Waals surface area contributed by atoms with E-state index in [2.05, 4.69) is 4.72 Å². The molecule has 16 heavy (non-hydrogen) atoms. The Balaban J connectivity index is 0.00000106. The highest BCUT2D eigenvalue weighted by Crippen LogP contribution is 2.30. The second kappa shape index (κ2) is 8.28. The molecule has 0 aliphatic rings. The van der Waals surface area contributed by atoms with Crippen LogP contribution < -0.4 is 9.46 Å². The zero-order valence-corrected chi connectivity index (χ0v) is 11.4. The van der Waals surface area contributed by atoms with E-state index in [1.807, 2.05) is 33.8 Å². The first-order chi connectivity index (χ1) is 7.69. The van der Waals surface area contributed by atoms with E-state index in [1.165, 1.54) is 25.1 Å². The van der Waals surface area contributed by atoms with Crippen molar-refractivity contribution in [3.05, 3.63) is 23.5 Å². The standard InChI is InChI=1S/C10H14FNOS.C2H6/c1-4-14-12-9-6-7(2)5-8(11)10(9)13-3;1-2/h5-6,12H,4H2,1-3H3;1-2H3. The van der Waals surface area contributed by atoms with Crippen molar-refractivity contribution in [3.8, 4) is 5.75 Å². The molecule has 0 spiro atoms. The van der Waals surface area contributed by atoms with Crippen LogP contribution in [0.4, 0.5) is 10.1 Å². The molecule has 0 atom stereocenters. The molecule has 0 radical (unpaired) electrons. The molecule has 0 aromatic heterocycles. The smallest absolute Gasteiger partial charge is 0.178 e. The Bertz CT molecular complexity index is 318. The van der Waals surface area contributed by atoms with Gasteiger partial charge in [-0.15, -0.1) is 0 Å². The minimum absolute atomic E-state index is 0.275. The molecule has 0 bridgehead atoms. The number of anilines is 1. The third-order valence-corrected chi connectivity index (χ3v) is 2.37. The minimum atomic E-state index is -0.327. The summed E-state index contributed by atoms with van der Waals surface area (Å²) in [5, 5.41) is 0. The van der Waals surface area contributed by atoms with Crippen LogP contribution in [-0.2, 0) is 0 Å². The Morgan fingerprint density at radius 3 is 2.50 bits per heavy atom. The van der Waals surface area contributed by atoms with Gasteiger partial charge in [0.15, 0.2) is 11.6 Å². The van der Waals surface area contributed by atoms with Crippen molar-refractivity contribution in [2.24, 2.45) is 0 Å². The van der Waals surface area contributed by atoms with E-state index < -0.39 is 0 Å². The summed E-state index contributed by atoms with van der Waals surface area (Å²) >= 11 is 1.51. The van der Waals surface area contributed by atoms with Crippen molar-refractivity contribution >= 4 is 17.6 Å². The first-order valence-electron chi connectivity index (χ1n) is 5.41. The molecule has 0 heterocycles. The number of hydrogen-bond acceptors (Lipinski definition) is 3. The molecule has 2 nitrogen and oxygen atoms in total. The predicted octanol–water partition coefficient (Wildman–Crippen LogP) is 4.25. The fraction of sp³-hybridized carbons (Fsp3) is 0.500. The third kappa shape index (κ3) is 4.31. The molecular weight excluding hydrogens is 225 g/mol. The summed E-state index contributed by atoms with van der Waals surface area (Å²) in [6, 6.07) is 3.32. The van der Waals surface area contributed by atoms with Crippen LogP contribution in [0.25, 0.3) is 0 Å². The lowest BCUT2D eigenvalue weighted by molar-refractivity contribution is 0.388. The van der Waals surface area contributed by atoms with Crippen molar-refractivity contribution in [2.45, 2.75) is 27.7 Å². The molecule has 0 saturated carbocycles. The Kier molecular flexibility index (Phi) is 7.81. The van der Waals surface area contributed by atoms with Gasteiger partial charge < -0.3 is 9.46 Å². The number of rotatable bonds is 4. The molecule has 1 aromatic rings. The monoisotopic (exact) mass is 245 g/mol. The maximum Gasteiger partial charge on any atom is 0.178 e. The van der Waals surface area contributed by atoms with E-state index in [-0.39, 0.29) is 11.6 Å². The van der Waals surface area contributed by atoms with Crippen LogP contribution in [0.5, 0.6) is 5.75 Å². The van der Waals surface area contributed by atoms with Crippen molar-refractivity contribution in [1.82, 2.24) is 0 Å². The van der Waals surface area contributed by atoms with E-state index >= 15 is 0 Å². The van der Waals surface area contributed by atoms with Gasteiger partial charge in [0, 0.05) is 5.75 Å². The highest BCUT2D eigenvalue weighted by atomic mass is 32.2. The van der Waals surface area contributed by atoms with Gasteiger partial charge in [-0.25, -0.2) is 4.39 Å². The van der Waals surface area contributed by atoms with E-state index in [0.29, 0.717) is 5.69 Å². The van der Waals surface area contributed by atoms with E-state index in [9.17, 15) is 4.39 Å². The molecule has 0 fully saturated rings. The van der Waals surface area contributed by atoms with Crippen LogP contribution in [0.3, 0.4) is 0 Å². The maximum atomic E-state index is 13.4. The normalized spacial score (nSPS) is 9.12. The average Bonchev–Trinajstić information content (AvgIpc) is 2.28. The maximum absolute atomic E-state index is 13.4. The zero-order valence-electron chi connectivity index (χ0n) is 10.6. The molecule has 1 aromatic carbocycles. The molecule has 0 amide bonds. The Hall–Kier alpha value is -0.900. The first-order valence-corrected chi connectivity index (χ1v) is 6.39. The molecule has 4 heteroatoms. The Labute approximate surface area is 102 Å². The second-order valence-corrected chi connectivity index (χ2v) is 3.93. The number of halogens is 1. The fourth-order valence-corrected chi connectivity index (χ4v) is 1.61. The SMILES string of the molecule is CC.CCSNc1cc(C)cc(F)c1OC. The van der Waals surface area contributed by atoms with Crippen molar-refractivity contribution < 1.29 is 9.13 Å². The number of ether oxygens (including phenoxy) is 1. The number of hydrogen-bond donors (Lipinski definition) is 1. The zero-order chi connectivity index (χ0) is 12.6. The highest BCUT2D eigenvalue weighted by molar-refractivity contribution is 8.00. The topological polar surface area (TPSA) is 21.3 Å². The van der Waals surface area contributed by atoms with E-state index in [4.69, 9.17) is 4.74 Å². The lowest BCUT2D eigenvalue weighted by Crippen LogP contribution is -1.96. The summed E-state index contributed by atoms with van der Waals surface area (Å²) < 4.78 is 21.4. The minimum Gasteiger partial charge on any atom is -0.492 e. The van der Waals surface area contributed by atoms with Gasteiger partial charge in [-0.05, 0) is 24.6 Å². The lowest BCUT2D eigenvalue weighted by atomic mass is 10.2. The summed E-state index contributed by atoms with van der Waals surface area (Å²) in [7, 11) is 1.47. The van der Waals surface area contributed by atoms with E-state index in [0.717, 1.165) is 11.3 Å². The number of benzene rings is 1. The molecule has 0 aliphatic carbocycles. The lowest BCUT2D eigenvalue weighted by Gasteiger charge is -2.11. The Morgan fingerprint density at radius 2 is 2.00 bits per heavy atom. The van der Waals surface area contributed by atoms with Crippen molar-refractivity contribution in [3.63, 3.8) is 0 Å². The van der Waals surface area contributed by atoms with Gasteiger partial charge in [-0.3, -0.25) is 0 Å². The largest absolute Gasteiger partial charge is 0.492 e. The number of methoxy groups -OCH3 is 1. The highest BCUT2D eigenvalue weighted by Gasteiger charge is 2.09. The van der Waals surface area contributed by atoms with Gasteiger partial charge in [0.2, 0.25) is 0 Å². The summed E-state index contributed by atoms with van der Waals surface area (Å²) in [6.07, 6.45) is 0. The van der Waals surface area contributed by atoms with Crippen LogP contribution in [0, 0.1) is 12.7 Å². The number of nitrogens with one attached hydrogen (secondary N) is 1. The van der Waals surface area contributed by atoms with Gasteiger partial charge in [0.05, 0.1) is 12.8 Å². The average molecular weight is 245 g/mol. The van der Waals surface area contributed by atoms with Gasteiger partial charge in [-0.1, -0.05) is 32.7 Å². The summed E-state index contributed by atoms with van der Waals surface area (Å²) in [5.41, 5.74) is 1.57. The second-order valence-electron chi connectivity index (χ2n) is 2.86. The molecule has 0 aliphatic heterocycles. The predicted molar refractivity (Wildman–Crippen MR) is 70.8 cm³/mol. The van der Waals surface area contributed by atoms with Crippen molar-refractivity contribution in [2.75, 3.05) is 17.6 Å².